The van der Waals surface area contributed by atoms with Gasteiger partial charge in [-0.1, -0.05) is 6.07 Å². The lowest BCUT2D eigenvalue weighted by Crippen LogP contribution is -2.15. The maximum atomic E-state index is 5.70. The van der Waals surface area contributed by atoms with Crippen LogP contribution in [0.4, 0.5) is 0 Å². The summed E-state index contributed by atoms with van der Waals surface area (Å²) in [6.45, 7) is 2.03. The third kappa shape index (κ3) is 2.60. The molecule has 0 fully saturated rings. The lowest BCUT2D eigenvalue weighted by atomic mass is 10.2. The average molecular weight is 275 g/mol. The number of ether oxygens (including phenoxy) is 2. The van der Waals surface area contributed by atoms with E-state index in [2.05, 4.69) is 15.5 Å². The SMILES string of the molecule is CNCCCc1nnc(-c2cccc3c2OCCO3)o1. The number of aromatic nitrogens is 2. The van der Waals surface area contributed by atoms with Crippen LogP contribution >= 0.6 is 0 Å². The molecule has 6 nitrogen and oxygen atoms in total. The van der Waals surface area contributed by atoms with Crippen molar-refractivity contribution in [1.29, 1.82) is 0 Å². The highest BCUT2D eigenvalue weighted by atomic mass is 16.6. The van der Waals surface area contributed by atoms with Crippen LogP contribution in [0.1, 0.15) is 12.3 Å². The van der Waals surface area contributed by atoms with Crippen LogP contribution in [0.15, 0.2) is 22.6 Å². The highest BCUT2D eigenvalue weighted by Gasteiger charge is 2.20. The molecule has 0 amide bonds. The molecular weight excluding hydrogens is 258 g/mol. The monoisotopic (exact) mass is 275 g/mol. The molecule has 1 N–H and O–H groups in total. The van der Waals surface area contributed by atoms with Gasteiger partial charge < -0.3 is 19.2 Å². The first-order chi connectivity index (χ1) is 9.88. The van der Waals surface area contributed by atoms with Gasteiger partial charge in [-0.05, 0) is 32.1 Å². The second kappa shape index (κ2) is 5.92. The van der Waals surface area contributed by atoms with Crippen molar-refractivity contribution in [2.45, 2.75) is 12.8 Å². The molecule has 2 heterocycles. The van der Waals surface area contributed by atoms with E-state index in [9.17, 15) is 0 Å². The molecule has 1 aromatic heterocycles. The van der Waals surface area contributed by atoms with E-state index in [0.29, 0.717) is 30.7 Å². The van der Waals surface area contributed by atoms with Crippen molar-refractivity contribution in [3.8, 4) is 23.0 Å². The summed E-state index contributed by atoms with van der Waals surface area (Å²) in [6, 6.07) is 5.67. The van der Waals surface area contributed by atoms with Crippen molar-refractivity contribution in [2.24, 2.45) is 0 Å². The summed E-state index contributed by atoms with van der Waals surface area (Å²) >= 11 is 0. The van der Waals surface area contributed by atoms with Crippen LogP contribution in [0.25, 0.3) is 11.5 Å². The zero-order valence-electron chi connectivity index (χ0n) is 11.4. The normalized spacial score (nSPS) is 13.4. The van der Waals surface area contributed by atoms with Crippen molar-refractivity contribution >= 4 is 0 Å². The zero-order valence-corrected chi connectivity index (χ0v) is 11.4. The number of nitrogens with one attached hydrogen (secondary N) is 1. The largest absolute Gasteiger partial charge is 0.486 e. The van der Waals surface area contributed by atoms with Gasteiger partial charge >= 0.3 is 0 Å². The van der Waals surface area contributed by atoms with E-state index >= 15 is 0 Å². The van der Waals surface area contributed by atoms with E-state index in [0.717, 1.165) is 30.7 Å². The van der Waals surface area contributed by atoms with Gasteiger partial charge in [0, 0.05) is 6.42 Å². The quantitative estimate of drug-likeness (QED) is 0.837. The van der Waals surface area contributed by atoms with Crippen LogP contribution in [0.5, 0.6) is 11.5 Å². The second-order valence-corrected chi connectivity index (χ2v) is 4.54. The number of para-hydroxylation sites is 1. The van der Waals surface area contributed by atoms with Gasteiger partial charge in [-0.15, -0.1) is 10.2 Å². The standard InChI is InChI=1S/C14H17N3O3/c1-15-7-3-6-12-16-17-14(20-12)10-4-2-5-11-13(10)19-9-8-18-11/h2,4-5,15H,3,6-9H2,1H3. The van der Waals surface area contributed by atoms with E-state index in [1.54, 1.807) is 0 Å². The molecule has 3 rings (SSSR count). The number of fused-ring (bicyclic) bond motifs is 1. The molecule has 0 bridgehead atoms. The molecule has 1 aromatic carbocycles. The summed E-state index contributed by atoms with van der Waals surface area (Å²) in [4.78, 5) is 0. The van der Waals surface area contributed by atoms with E-state index in [4.69, 9.17) is 13.9 Å². The number of nitrogens with zero attached hydrogens (tertiary/aromatic N) is 2. The predicted molar refractivity (Wildman–Crippen MR) is 73.0 cm³/mol. The van der Waals surface area contributed by atoms with Gasteiger partial charge in [-0.2, -0.15) is 0 Å². The Hall–Kier alpha value is -2.08. The smallest absolute Gasteiger partial charge is 0.251 e. The van der Waals surface area contributed by atoms with Gasteiger partial charge in [0.1, 0.15) is 13.2 Å². The van der Waals surface area contributed by atoms with E-state index < -0.39 is 0 Å². The molecule has 0 aliphatic carbocycles. The van der Waals surface area contributed by atoms with Gasteiger partial charge in [-0.3, -0.25) is 0 Å². The Morgan fingerprint density at radius 1 is 1.20 bits per heavy atom. The Kier molecular flexibility index (Phi) is 3.83. The molecule has 6 heteroatoms. The van der Waals surface area contributed by atoms with Crippen LogP contribution in [0.2, 0.25) is 0 Å². The van der Waals surface area contributed by atoms with E-state index in [1.165, 1.54) is 0 Å². The molecule has 0 saturated heterocycles. The van der Waals surface area contributed by atoms with Crippen LogP contribution in [0, 0.1) is 0 Å². The fourth-order valence-electron chi connectivity index (χ4n) is 2.12. The molecule has 0 radical (unpaired) electrons. The lowest BCUT2D eigenvalue weighted by Gasteiger charge is -2.19. The Morgan fingerprint density at radius 2 is 2.10 bits per heavy atom. The summed E-state index contributed by atoms with van der Waals surface area (Å²) in [5.41, 5.74) is 0.787. The van der Waals surface area contributed by atoms with Crippen LogP contribution in [-0.4, -0.2) is 37.0 Å². The molecule has 0 spiro atoms. The minimum atomic E-state index is 0.479. The van der Waals surface area contributed by atoms with Gasteiger partial charge in [-0.25, -0.2) is 0 Å². The summed E-state index contributed by atoms with van der Waals surface area (Å²) in [6.07, 6.45) is 1.73. The van der Waals surface area contributed by atoms with Crippen LogP contribution in [0.3, 0.4) is 0 Å². The first kappa shape index (κ1) is 12.9. The number of rotatable bonds is 5. The van der Waals surface area contributed by atoms with Crippen LogP contribution < -0.4 is 14.8 Å². The number of hydrogen-bond acceptors (Lipinski definition) is 6. The highest BCUT2D eigenvalue weighted by molar-refractivity contribution is 5.67. The van der Waals surface area contributed by atoms with Gasteiger partial charge in [0.2, 0.25) is 5.89 Å². The molecule has 0 saturated carbocycles. The van der Waals surface area contributed by atoms with Crippen molar-refractivity contribution < 1.29 is 13.9 Å². The number of aryl methyl sites for hydroxylation is 1. The molecule has 0 unspecified atom stereocenters. The fraction of sp³-hybridized carbons (Fsp3) is 0.429. The van der Waals surface area contributed by atoms with E-state index in [1.807, 2.05) is 25.2 Å². The molecule has 1 aliphatic heterocycles. The maximum absolute atomic E-state index is 5.70. The van der Waals surface area contributed by atoms with Gasteiger partial charge in [0.05, 0.1) is 5.56 Å². The Morgan fingerprint density at radius 3 is 3.00 bits per heavy atom. The molecule has 20 heavy (non-hydrogen) atoms. The molecule has 0 atom stereocenters. The minimum absolute atomic E-state index is 0.479. The summed E-state index contributed by atoms with van der Waals surface area (Å²) < 4.78 is 16.9. The van der Waals surface area contributed by atoms with Crippen LogP contribution in [-0.2, 0) is 6.42 Å². The fourth-order valence-corrected chi connectivity index (χ4v) is 2.12. The highest BCUT2D eigenvalue weighted by Crippen LogP contribution is 2.39. The molecule has 1 aliphatic rings. The Balaban J connectivity index is 1.82. The van der Waals surface area contributed by atoms with Crippen molar-refractivity contribution in [3.05, 3.63) is 24.1 Å². The second-order valence-electron chi connectivity index (χ2n) is 4.54. The minimum Gasteiger partial charge on any atom is -0.486 e. The molecule has 106 valence electrons. The first-order valence-electron chi connectivity index (χ1n) is 6.74. The number of benzene rings is 1. The van der Waals surface area contributed by atoms with Crippen molar-refractivity contribution in [2.75, 3.05) is 26.8 Å². The maximum Gasteiger partial charge on any atom is 0.251 e. The van der Waals surface area contributed by atoms with Gasteiger partial charge in [0.15, 0.2) is 11.5 Å². The summed E-state index contributed by atoms with van der Waals surface area (Å²) in [5.74, 6) is 2.53. The van der Waals surface area contributed by atoms with E-state index in [-0.39, 0.29) is 0 Å². The molecule has 2 aromatic rings. The lowest BCUT2D eigenvalue weighted by molar-refractivity contribution is 0.172. The summed E-state index contributed by atoms with van der Waals surface area (Å²) in [5, 5.41) is 11.3. The number of hydrogen-bond donors (Lipinski definition) is 1. The van der Waals surface area contributed by atoms with Gasteiger partial charge in [0.25, 0.3) is 5.89 Å². The summed E-state index contributed by atoms with van der Waals surface area (Å²) in [7, 11) is 1.92. The topological polar surface area (TPSA) is 69.4 Å². The third-order valence-electron chi connectivity index (χ3n) is 3.08. The Labute approximate surface area is 117 Å². The van der Waals surface area contributed by atoms with Crippen molar-refractivity contribution in [3.63, 3.8) is 0 Å². The van der Waals surface area contributed by atoms with Crippen molar-refractivity contribution in [1.82, 2.24) is 15.5 Å². The molecular formula is C14H17N3O3. The first-order valence-corrected chi connectivity index (χ1v) is 6.74. The predicted octanol–water partition coefficient (Wildman–Crippen LogP) is 1.66. The average Bonchev–Trinajstić information content (AvgIpc) is 2.96. The zero-order chi connectivity index (χ0) is 13.8. The third-order valence-corrected chi connectivity index (χ3v) is 3.08. The Bertz CT molecular complexity index is 583.